The van der Waals surface area contributed by atoms with Crippen LogP contribution in [0, 0.1) is 18.3 Å². The fraction of sp³-hybridized carbons (Fsp3) is 0.280. The maximum atomic E-state index is 11.9. The highest BCUT2D eigenvalue weighted by atomic mass is 32.2. The number of hydrogen-bond acceptors (Lipinski definition) is 12. The molecule has 200 valence electrons. The number of hydrogen-bond donors (Lipinski definition) is 3. The van der Waals surface area contributed by atoms with E-state index in [0.717, 1.165) is 41.1 Å². The number of sulfone groups is 1. The SMILES string of the molecule is C=CS(=O)(=O)CCNc1nc(NCCCC)c(C#N)c(C)c1/N=N/c1ccc(SOOO)c2ccccc12. The number of anilines is 2. The van der Waals surface area contributed by atoms with Crippen LogP contribution in [0.1, 0.15) is 30.9 Å². The van der Waals surface area contributed by atoms with E-state index >= 15 is 0 Å². The van der Waals surface area contributed by atoms with Crippen LogP contribution in [-0.2, 0) is 19.2 Å². The van der Waals surface area contributed by atoms with Gasteiger partial charge < -0.3 is 10.6 Å². The van der Waals surface area contributed by atoms with Crippen LogP contribution in [0.4, 0.5) is 23.0 Å². The van der Waals surface area contributed by atoms with Gasteiger partial charge in [0.1, 0.15) is 17.6 Å². The molecule has 0 atom stereocenters. The minimum Gasteiger partial charge on any atom is -0.369 e. The Morgan fingerprint density at radius 2 is 1.89 bits per heavy atom. The lowest BCUT2D eigenvalue weighted by Crippen LogP contribution is -2.15. The van der Waals surface area contributed by atoms with Crippen molar-refractivity contribution in [1.82, 2.24) is 4.98 Å². The maximum Gasteiger partial charge on any atom is 0.172 e. The summed E-state index contributed by atoms with van der Waals surface area (Å²) in [5, 5.41) is 39.7. The molecule has 3 rings (SSSR count). The molecule has 0 fully saturated rings. The molecule has 0 aliphatic carbocycles. The number of aromatic nitrogens is 1. The average molecular weight is 557 g/mol. The first-order valence-electron chi connectivity index (χ1n) is 11.7. The first-order chi connectivity index (χ1) is 18.3. The van der Waals surface area contributed by atoms with Gasteiger partial charge in [0, 0.05) is 34.3 Å². The third kappa shape index (κ3) is 7.27. The normalized spacial score (nSPS) is 11.5. The Labute approximate surface area is 225 Å². The highest BCUT2D eigenvalue weighted by Crippen LogP contribution is 2.38. The van der Waals surface area contributed by atoms with Crippen LogP contribution in [0.5, 0.6) is 0 Å². The van der Waals surface area contributed by atoms with Crippen molar-refractivity contribution in [1.29, 1.82) is 5.26 Å². The largest absolute Gasteiger partial charge is 0.369 e. The Kier molecular flexibility index (Phi) is 10.6. The Balaban J connectivity index is 2.06. The number of pyridine rings is 1. The quantitative estimate of drug-likeness (QED) is 0.0663. The van der Waals surface area contributed by atoms with Crippen molar-refractivity contribution in [3.63, 3.8) is 0 Å². The molecule has 0 unspecified atom stereocenters. The second-order valence-electron chi connectivity index (χ2n) is 8.06. The van der Waals surface area contributed by atoms with Crippen molar-refractivity contribution in [3.05, 3.63) is 59.5 Å². The number of nitriles is 1. The Morgan fingerprint density at radius 3 is 2.58 bits per heavy atom. The van der Waals surface area contributed by atoms with Crippen LogP contribution < -0.4 is 10.6 Å². The second kappa shape index (κ2) is 13.8. The zero-order valence-electron chi connectivity index (χ0n) is 21.0. The van der Waals surface area contributed by atoms with E-state index in [1.807, 2.05) is 24.3 Å². The van der Waals surface area contributed by atoms with Crippen molar-refractivity contribution in [3.8, 4) is 6.07 Å². The number of unbranched alkanes of at least 4 members (excludes halogenated alkanes) is 1. The van der Waals surface area contributed by atoms with Gasteiger partial charge in [-0.25, -0.2) is 18.7 Å². The van der Waals surface area contributed by atoms with Crippen molar-refractivity contribution in [2.45, 2.75) is 31.6 Å². The zero-order chi connectivity index (χ0) is 27.5. The summed E-state index contributed by atoms with van der Waals surface area (Å²) in [6, 6.07) is 13.1. The molecule has 0 saturated heterocycles. The van der Waals surface area contributed by atoms with Crippen LogP contribution in [0.15, 0.2) is 63.5 Å². The van der Waals surface area contributed by atoms with Gasteiger partial charge in [-0.05, 0) is 30.9 Å². The molecule has 3 aromatic rings. The Bertz CT molecular complexity index is 1470. The number of fused-ring (bicyclic) bond motifs is 1. The predicted octanol–water partition coefficient (Wildman–Crippen LogP) is 6.44. The van der Waals surface area contributed by atoms with Crippen LogP contribution >= 0.6 is 12.0 Å². The smallest absolute Gasteiger partial charge is 0.172 e. The lowest BCUT2D eigenvalue weighted by molar-refractivity contribution is -0.432. The van der Waals surface area contributed by atoms with E-state index in [1.165, 1.54) is 0 Å². The number of nitrogens with zero attached hydrogens (tertiary/aromatic N) is 4. The van der Waals surface area contributed by atoms with Gasteiger partial charge in [0.25, 0.3) is 0 Å². The molecule has 0 bridgehead atoms. The molecule has 13 heteroatoms. The third-order valence-corrected chi connectivity index (χ3v) is 7.50. The third-order valence-electron chi connectivity index (χ3n) is 5.56. The van der Waals surface area contributed by atoms with E-state index in [1.54, 1.807) is 19.1 Å². The fourth-order valence-corrected chi connectivity index (χ4v) is 4.60. The molecular weight excluding hydrogens is 528 g/mol. The first kappa shape index (κ1) is 29.0. The lowest BCUT2D eigenvalue weighted by Gasteiger charge is -2.15. The highest BCUT2D eigenvalue weighted by Gasteiger charge is 2.18. The summed E-state index contributed by atoms with van der Waals surface area (Å²) in [6.45, 7) is 7.83. The molecule has 0 radical (unpaired) electrons. The van der Waals surface area contributed by atoms with Gasteiger partial charge in [-0.1, -0.05) is 49.2 Å². The molecule has 11 nitrogen and oxygen atoms in total. The van der Waals surface area contributed by atoms with Gasteiger partial charge in [0.05, 0.1) is 29.0 Å². The standard InChI is InChI=1S/C25H28N6O5S2/c1-4-6-13-27-24-20(16-26)17(3)23(25(29-24)28-14-15-38(33,34)5-2)31-30-21-11-12-22(37-36-35-32)19-10-8-7-9-18(19)21/h5,7-12,32H,2,4,6,13-15H2,1,3H3,(H2,27,28,29)/b31-30+. The molecule has 38 heavy (non-hydrogen) atoms. The molecule has 2 aromatic carbocycles. The number of rotatable bonds is 14. The minimum atomic E-state index is -3.43. The van der Waals surface area contributed by atoms with Crippen molar-refractivity contribution < 1.29 is 23.0 Å². The molecule has 0 amide bonds. The molecule has 3 N–H and O–H groups in total. The lowest BCUT2D eigenvalue weighted by atomic mass is 10.1. The van der Waals surface area contributed by atoms with Gasteiger partial charge in [-0.15, -0.1) is 14.6 Å². The monoisotopic (exact) mass is 556 g/mol. The van der Waals surface area contributed by atoms with Crippen molar-refractivity contribution in [2.24, 2.45) is 10.2 Å². The molecule has 1 aromatic heterocycles. The molecule has 0 spiro atoms. The van der Waals surface area contributed by atoms with Crippen molar-refractivity contribution in [2.75, 3.05) is 29.5 Å². The van der Waals surface area contributed by atoms with E-state index in [4.69, 9.17) is 5.26 Å². The van der Waals surface area contributed by atoms with E-state index in [2.05, 4.69) is 54.8 Å². The van der Waals surface area contributed by atoms with Gasteiger partial charge in [-0.3, -0.25) is 0 Å². The Morgan fingerprint density at radius 1 is 1.16 bits per heavy atom. The highest BCUT2D eigenvalue weighted by molar-refractivity contribution is 7.94. The van der Waals surface area contributed by atoms with E-state index < -0.39 is 9.84 Å². The minimum absolute atomic E-state index is 0.0609. The van der Waals surface area contributed by atoms with E-state index in [9.17, 15) is 13.7 Å². The molecule has 0 aliphatic heterocycles. The summed E-state index contributed by atoms with van der Waals surface area (Å²) in [4.78, 5) is 5.25. The maximum absolute atomic E-state index is 11.9. The van der Waals surface area contributed by atoms with Crippen LogP contribution in [0.2, 0.25) is 0 Å². The van der Waals surface area contributed by atoms with Gasteiger partial charge >= 0.3 is 0 Å². The number of nitrogens with one attached hydrogen (secondary N) is 2. The Hall–Kier alpha value is -3.54. The zero-order valence-corrected chi connectivity index (χ0v) is 22.6. The fourth-order valence-electron chi connectivity index (χ4n) is 3.55. The van der Waals surface area contributed by atoms with Gasteiger partial charge in [0.2, 0.25) is 0 Å². The van der Waals surface area contributed by atoms with Crippen LogP contribution in [-0.4, -0.2) is 37.5 Å². The molecule has 1 heterocycles. The van der Waals surface area contributed by atoms with Gasteiger partial charge in [0.15, 0.2) is 15.7 Å². The summed E-state index contributed by atoms with van der Waals surface area (Å²) >= 11 is 0.842. The summed E-state index contributed by atoms with van der Waals surface area (Å²) in [5.74, 6) is 0.508. The van der Waals surface area contributed by atoms with Gasteiger partial charge in [-0.2, -0.15) is 5.26 Å². The average Bonchev–Trinajstić information content (AvgIpc) is 2.92. The molecule has 0 saturated carbocycles. The summed E-state index contributed by atoms with van der Waals surface area (Å²) in [6.07, 6.45) is 1.86. The van der Waals surface area contributed by atoms with Crippen molar-refractivity contribution >= 4 is 55.7 Å². The second-order valence-corrected chi connectivity index (χ2v) is 10.9. The number of benzene rings is 2. The van der Waals surface area contributed by atoms with Crippen LogP contribution in [0.25, 0.3) is 10.8 Å². The first-order valence-corrected chi connectivity index (χ1v) is 14.2. The predicted molar refractivity (Wildman–Crippen MR) is 148 cm³/mol. The summed E-state index contributed by atoms with van der Waals surface area (Å²) in [7, 11) is -3.43. The molecule has 0 aliphatic rings. The van der Waals surface area contributed by atoms with E-state index in [0.29, 0.717) is 45.6 Å². The summed E-state index contributed by atoms with van der Waals surface area (Å²) in [5.41, 5.74) is 1.73. The number of azo groups is 1. The summed E-state index contributed by atoms with van der Waals surface area (Å²) < 4.78 is 28.4. The van der Waals surface area contributed by atoms with Crippen LogP contribution in [0.3, 0.4) is 0 Å². The van der Waals surface area contributed by atoms with E-state index in [-0.39, 0.29) is 12.3 Å². The topological polar surface area (TPSA) is 158 Å². The molecular formula is C25H28N6O5S2.